The summed E-state index contributed by atoms with van der Waals surface area (Å²) < 4.78 is 10.9. The van der Waals surface area contributed by atoms with Gasteiger partial charge in [0.05, 0.1) is 13.7 Å². The highest BCUT2D eigenvalue weighted by atomic mass is 16.5. The van der Waals surface area contributed by atoms with Gasteiger partial charge in [-0.3, -0.25) is 4.99 Å². The van der Waals surface area contributed by atoms with Gasteiger partial charge in [-0.05, 0) is 35.9 Å². The number of hydrogen-bond acceptors (Lipinski definition) is 4. The molecule has 1 aliphatic heterocycles. The van der Waals surface area contributed by atoms with Crippen LogP contribution in [0.25, 0.3) is 0 Å². The summed E-state index contributed by atoms with van der Waals surface area (Å²) in [5.41, 5.74) is 2.24. The Balaban J connectivity index is 1.65. The molecule has 4 heteroatoms. The van der Waals surface area contributed by atoms with Crippen LogP contribution < -0.4 is 14.8 Å². The van der Waals surface area contributed by atoms with Crippen molar-refractivity contribution >= 4 is 5.84 Å². The molecule has 4 nitrogen and oxygen atoms in total. The van der Waals surface area contributed by atoms with E-state index in [4.69, 9.17) is 9.47 Å². The van der Waals surface area contributed by atoms with Crippen molar-refractivity contribution in [3.05, 3.63) is 59.7 Å². The Bertz CT molecular complexity index is 635. The van der Waals surface area contributed by atoms with Gasteiger partial charge in [0.15, 0.2) is 0 Å². The molecular formula is C17H18N2O2. The van der Waals surface area contributed by atoms with Crippen LogP contribution in [0.2, 0.25) is 0 Å². The van der Waals surface area contributed by atoms with Crippen molar-refractivity contribution in [3.8, 4) is 11.5 Å². The lowest BCUT2D eigenvalue weighted by molar-refractivity contribution is 0.305. The van der Waals surface area contributed by atoms with Gasteiger partial charge in [-0.1, -0.05) is 18.2 Å². The number of amidine groups is 1. The van der Waals surface area contributed by atoms with Crippen molar-refractivity contribution in [2.24, 2.45) is 4.99 Å². The van der Waals surface area contributed by atoms with Crippen molar-refractivity contribution in [2.75, 3.05) is 20.2 Å². The van der Waals surface area contributed by atoms with Crippen LogP contribution in [0.3, 0.4) is 0 Å². The van der Waals surface area contributed by atoms with E-state index in [-0.39, 0.29) is 0 Å². The monoisotopic (exact) mass is 282 g/mol. The largest absolute Gasteiger partial charge is 0.497 e. The fourth-order valence-electron chi connectivity index (χ4n) is 2.24. The molecule has 0 unspecified atom stereocenters. The Morgan fingerprint density at radius 3 is 2.62 bits per heavy atom. The molecule has 0 bridgehead atoms. The third-order valence-corrected chi connectivity index (χ3v) is 3.34. The van der Waals surface area contributed by atoms with E-state index in [1.54, 1.807) is 7.11 Å². The van der Waals surface area contributed by atoms with Crippen LogP contribution in [0.4, 0.5) is 0 Å². The summed E-state index contributed by atoms with van der Waals surface area (Å²) in [6, 6.07) is 15.9. The van der Waals surface area contributed by atoms with Gasteiger partial charge in [0.25, 0.3) is 0 Å². The van der Waals surface area contributed by atoms with Crippen molar-refractivity contribution in [1.82, 2.24) is 5.32 Å². The zero-order valence-electron chi connectivity index (χ0n) is 12.0. The Kier molecular flexibility index (Phi) is 4.05. The first-order valence-electron chi connectivity index (χ1n) is 6.99. The van der Waals surface area contributed by atoms with E-state index in [1.807, 2.05) is 30.3 Å². The minimum Gasteiger partial charge on any atom is -0.497 e. The lowest BCUT2D eigenvalue weighted by Crippen LogP contribution is -2.19. The topological polar surface area (TPSA) is 42.9 Å². The van der Waals surface area contributed by atoms with E-state index in [0.29, 0.717) is 6.61 Å². The summed E-state index contributed by atoms with van der Waals surface area (Å²) in [6.07, 6.45) is 0. The second kappa shape index (κ2) is 6.31. The van der Waals surface area contributed by atoms with E-state index in [0.717, 1.165) is 41.6 Å². The van der Waals surface area contributed by atoms with E-state index < -0.39 is 0 Å². The van der Waals surface area contributed by atoms with Gasteiger partial charge in [-0.2, -0.15) is 0 Å². The van der Waals surface area contributed by atoms with Gasteiger partial charge in [0, 0.05) is 12.1 Å². The second-order valence-corrected chi connectivity index (χ2v) is 4.82. The highest BCUT2D eigenvalue weighted by Gasteiger charge is 2.08. The molecule has 1 N–H and O–H groups in total. The first-order chi connectivity index (χ1) is 10.3. The summed E-state index contributed by atoms with van der Waals surface area (Å²) >= 11 is 0. The number of ether oxygens (including phenoxy) is 2. The molecule has 0 spiro atoms. The van der Waals surface area contributed by atoms with Crippen LogP contribution in [-0.4, -0.2) is 26.0 Å². The van der Waals surface area contributed by atoms with Crippen LogP contribution in [0.5, 0.6) is 11.5 Å². The fraction of sp³-hybridized carbons (Fsp3) is 0.235. The molecular weight excluding hydrogens is 264 g/mol. The zero-order chi connectivity index (χ0) is 14.5. The van der Waals surface area contributed by atoms with Crippen molar-refractivity contribution in [3.63, 3.8) is 0 Å². The minimum absolute atomic E-state index is 0.535. The molecule has 0 fully saturated rings. The second-order valence-electron chi connectivity index (χ2n) is 4.82. The number of methoxy groups -OCH3 is 1. The lowest BCUT2D eigenvalue weighted by atomic mass is 10.1. The van der Waals surface area contributed by atoms with Gasteiger partial charge in [0.2, 0.25) is 0 Å². The average Bonchev–Trinajstić information content (AvgIpc) is 3.08. The number of nitrogens with zero attached hydrogens (tertiary/aromatic N) is 1. The fourth-order valence-corrected chi connectivity index (χ4v) is 2.24. The minimum atomic E-state index is 0.535. The molecule has 1 heterocycles. The average molecular weight is 282 g/mol. The molecule has 0 amide bonds. The maximum Gasteiger partial charge on any atom is 0.128 e. The lowest BCUT2D eigenvalue weighted by Gasteiger charge is -2.09. The van der Waals surface area contributed by atoms with Gasteiger partial charge in [-0.25, -0.2) is 0 Å². The van der Waals surface area contributed by atoms with E-state index >= 15 is 0 Å². The molecule has 3 rings (SSSR count). The Morgan fingerprint density at radius 2 is 1.90 bits per heavy atom. The first kappa shape index (κ1) is 13.5. The highest BCUT2D eigenvalue weighted by Crippen LogP contribution is 2.18. The van der Waals surface area contributed by atoms with Gasteiger partial charge in [-0.15, -0.1) is 0 Å². The van der Waals surface area contributed by atoms with Gasteiger partial charge in [0.1, 0.15) is 23.9 Å². The zero-order valence-corrected chi connectivity index (χ0v) is 12.0. The van der Waals surface area contributed by atoms with Crippen LogP contribution in [0.15, 0.2) is 53.5 Å². The normalized spacial score (nSPS) is 13.5. The highest BCUT2D eigenvalue weighted by molar-refractivity contribution is 5.99. The number of rotatable bonds is 5. The first-order valence-corrected chi connectivity index (χ1v) is 6.99. The Hall–Kier alpha value is -2.49. The summed E-state index contributed by atoms with van der Waals surface area (Å²) in [7, 11) is 1.65. The molecule has 1 aliphatic rings. The molecule has 0 radical (unpaired) electrons. The molecule has 2 aromatic carbocycles. The maximum absolute atomic E-state index is 5.79. The summed E-state index contributed by atoms with van der Waals surface area (Å²) in [4.78, 5) is 4.44. The van der Waals surface area contributed by atoms with E-state index in [1.165, 1.54) is 0 Å². The molecule has 108 valence electrons. The molecule has 0 saturated heterocycles. The number of aliphatic imine (C=N–C) groups is 1. The van der Waals surface area contributed by atoms with Crippen LogP contribution in [0.1, 0.15) is 11.1 Å². The third-order valence-electron chi connectivity index (χ3n) is 3.34. The quantitative estimate of drug-likeness (QED) is 0.916. The van der Waals surface area contributed by atoms with E-state index in [9.17, 15) is 0 Å². The standard InChI is InChI=1S/C17H18N2O2/c1-20-15-5-7-16(8-6-15)21-12-13-3-2-4-14(11-13)17-18-9-10-19-17/h2-8,11H,9-10,12H2,1H3,(H,18,19). The summed E-state index contributed by atoms with van der Waals surface area (Å²) in [5, 5.41) is 3.28. The smallest absolute Gasteiger partial charge is 0.128 e. The van der Waals surface area contributed by atoms with Gasteiger partial charge < -0.3 is 14.8 Å². The van der Waals surface area contributed by atoms with Crippen molar-refractivity contribution < 1.29 is 9.47 Å². The van der Waals surface area contributed by atoms with Crippen LogP contribution in [0, 0.1) is 0 Å². The van der Waals surface area contributed by atoms with Crippen molar-refractivity contribution in [1.29, 1.82) is 0 Å². The SMILES string of the molecule is COc1ccc(OCc2cccc(C3=NCCN3)c2)cc1. The molecule has 0 aromatic heterocycles. The predicted octanol–water partition coefficient (Wildman–Crippen LogP) is 2.62. The number of nitrogens with one attached hydrogen (secondary N) is 1. The molecule has 0 atom stereocenters. The van der Waals surface area contributed by atoms with Crippen LogP contribution in [-0.2, 0) is 6.61 Å². The molecule has 0 saturated carbocycles. The van der Waals surface area contributed by atoms with Crippen molar-refractivity contribution in [2.45, 2.75) is 6.61 Å². The third kappa shape index (κ3) is 3.34. The Morgan fingerprint density at radius 1 is 1.10 bits per heavy atom. The molecule has 2 aromatic rings. The summed E-state index contributed by atoms with van der Waals surface area (Å²) in [6.45, 7) is 2.30. The Labute approximate surface area is 124 Å². The number of hydrogen-bond donors (Lipinski definition) is 1. The summed E-state index contributed by atoms with van der Waals surface area (Å²) in [5.74, 6) is 2.63. The maximum atomic E-state index is 5.79. The molecule has 21 heavy (non-hydrogen) atoms. The van der Waals surface area contributed by atoms with Gasteiger partial charge >= 0.3 is 0 Å². The molecule has 0 aliphatic carbocycles. The number of benzene rings is 2. The van der Waals surface area contributed by atoms with Crippen LogP contribution >= 0.6 is 0 Å². The predicted molar refractivity (Wildman–Crippen MR) is 83.2 cm³/mol. The van der Waals surface area contributed by atoms with E-state index in [2.05, 4.69) is 28.5 Å².